The number of hydrogen-bond donors (Lipinski definition) is 2. The van der Waals surface area contributed by atoms with E-state index >= 15 is 0 Å². The van der Waals surface area contributed by atoms with Gasteiger partial charge in [-0.15, -0.1) is 0 Å². The van der Waals surface area contributed by atoms with Crippen molar-refractivity contribution in [2.75, 3.05) is 6.61 Å². The quantitative estimate of drug-likeness (QED) is 0.372. The Morgan fingerprint density at radius 1 is 0.971 bits per heavy atom. The zero-order valence-electron chi connectivity index (χ0n) is 19.5. The van der Waals surface area contributed by atoms with E-state index in [0.717, 1.165) is 24.8 Å². The minimum Gasteiger partial charge on any atom is -0.492 e. The van der Waals surface area contributed by atoms with Crippen molar-refractivity contribution in [2.45, 2.75) is 37.8 Å². The number of amides is 1. The molecule has 0 aromatic heterocycles. The van der Waals surface area contributed by atoms with E-state index in [1.165, 1.54) is 21.9 Å². The Hall–Kier alpha value is -3.63. The van der Waals surface area contributed by atoms with Gasteiger partial charge in [0.1, 0.15) is 12.4 Å². The van der Waals surface area contributed by atoms with Crippen molar-refractivity contribution in [1.82, 2.24) is 5.32 Å². The highest BCUT2D eigenvalue weighted by molar-refractivity contribution is 5.97. The summed E-state index contributed by atoms with van der Waals surface area (Å²) in [4.78, 5) is 13.4. The highest BCUT2D eigenvalue weighted by Gasteiger charge is 2.46. The summed E-state index contributed by atoms with van der Waals surface area (Å²) in [5.74, 6) is 0.594. The molecule has 5 rings (SSSR count). The molecule has 3 N–H and O–H groups in total. The van der Waals surface area contributed by atoms with Gasteiger partial charge in [0.05, 0.1) is 5.54 Å². The Balaban J connectivity index is 1.29. The van der Waals surface area contributed by atoms with Gasteiger partial charge in [-0.2, -0.15) is 0 Å². The van der Waals surface area contributed by atoms with Gasteiger partial charge in [-0.25, -0.2) is 0 Å². The van der Waals surface area contributed by atoms with E-state index in [4.69, 9.17) is 10.5 Å². The third kappa shape index (κ3) is 4.68. The fraction of sp³-hybridized carbons (Fsp3) is 0.233. The summed E-state index contributed by atoms with van der Waals surface area (Å²) < 4.78 is 5.97. The molecule has 0 bridgehead atoms. The van der Waals surface area contributed by atoms with Crippen molar-refractivity contribution in [2.24, 2.45) is 5.73 Å². The molecule has 172 valence electrons. The number of nitrogens with one attached hydrogen (secondary N) is 1. The normalized spacial score (nSPS) is 15.0. The monoisotopic (exact) mass is 450 g/mol. The second kappa shape index (κ2) is 9.32. The lowest BCUT2D eigenvalue weighted by Crippen LogP contribution is -2.35. The summed E-state index contributed by atoms with van der Waals surface area (Å²) in [6.45, 7) is 2.34. The minimum absolute atomic E-state index is 0.0676. The van der Waals surface area contributed by atoms with Crippen LogP contribution in [0.15, 0.2) is 91.0 Å². The molecule has 1 aliphatic carbocycles. The van der Waals surface area contributed by atoms with Gasteiger partial charge < -0.3 is 15.8 Å². The molecule has 1 aliphatic rings. The molecule has 0 radical (unpaired) electrons. The van der Waals surface area contributed by atoms with Gasteiger partial charge in [0.25, 0.3) is 5.91 Å². The Bertz CT molecular complexity index is 1310. The maximum atomic E-state index is 13.4. The third-order valence-corrected chi connectivity index (χ3v) is 6.67. The van der Waals surface area contributed by atoms with Crippen LogP contribution in [0.4, 0.5) is 0 Å². The standard InChI is InChI=1S/C30H30N2O2/c1-21-14-15-25(34-20-24(31)18-22-8-3-2-4-9-22)19-27(21)29(33)32-30(16-17-30)28-13-7-11-23-10-5-6-12-26(23)28/h2-15,19,24H,16-18,20,31H2,1H3,(H,32,33). The molecule has 4 nitrogen and oxygen atoms in total. The van der Waals surface area contributed by atoms with Crippen LogP contribution >= 0.6 is 0 Å². The van der Waals surface area contributed by atoms with Crippen molar-refractivity contribution in [3.05, 3.63) is 113 Å². The third-order valence-electron chi connectivity index (χ3n) is 6.67. The Kier molecular flexibility index (Phi) is 6.08. The van der Waals surface area contributed by atoms with Crippen LogP contribution in [-0.4, -0.2) is 18.6 Å². The lowest BCUT2D eigenvalue weighted by atomic mass is 9.96. The molecule has 0 heterocycles. The van der Waals surface area contributed by atoms with Gasteiger partial charge in [-0.05, 0) is 65.8 Å². The highest BCUT2D eigenvalue weighted by Crippen LogP contribution is 2.48. The molecule has 0 aliphatic heterocycles. The van der Waals surface area contributed by atoms with Crippen molar-refractivity contribution in [3.8, 4) is 5.75 Å². The molecule has 4 heteroatoms. The first-order valence-corrected chi connectivity index (χ1v) is 11.9. The van der Waals surface area contributed by atoms with Crippen LogP contribution in [0.25, 0.3) is 10.8 Å². The number of carbonyl (C=O) groups is 1. The topological polar surface area (TPSA) is 64.3 Å². The van der Waals surface area contributed by atoms with Crippen LogP contribution in [-0.2, 0) is 12.0 Å². The van der Waals surface area contributed by atoms with E-state index in [1.807, 2.05) is 49.4 Å². The second-order valence-corrected chi connectivity index (χ2v) is 9.30. The number of benzene rings is 4. The van der Waals surface area contributed by atoms with E-state index in [0.29, 0.717) is 17.9 Å². The van der Waals surface area contributed by atoms with Gasteiger partial charge in [-0.1, -0.05) is 78.9 Å². The highest BCUT2D eigenvalue weighted by atomic mass is 16.5. The Labute approximate surface area is 200 Å². The SMILES string of the molecule is Cc1ccc(OCC(N)Cc2ccccc2)cc1C(=O)NC1(c2cccc3ccccc23)CC1. The van der Waals surface area contributed by atoms with Gasteiger partial charge in [-0.3, -0.25) is 4.79 Å². The summed E-state index contributed by atoms with van der Waals surface area (Å²) in [5.41, 5.74) is 9.91. The fourth-order valence-electron chi connectivity index (χ4n) is 4.63. The first kappa shape index (κ1) is 22.2. The second-order valence-electron chi connectivity index (χ2n) is 9.30. The van der Waals surface area contributed by atoms with Crippen LogP contribution in [0.1, 0.15) is 39.9 Å². The lowest BCUT2D eigenvalue weighted by Gasteiger charge is -2.21. The zero-order valence-corrected chi connectivity index (χ0v) is 19.5. The fourth-order valence-corrected chi connectivity index (χ4v) is 4.63. The summed E-state index contributed by atoms with van der Waals surface area (Å²) in [6.07, 6.45) is 2.63. The average molecular weight is 451 g/mol. The van der Waals surface area contributed by atoms with E-state index in [-0.39, 0.29) is 17.5 Å². The van der Waals surface area contributed by atoms with E-state index in [2.05, 4.69) is 53.8 Å². The lowest BCUT2D eigenvalue weighted by molar-refractivity contribution is 0.0930. The first-order valence-electron chi connectivity index (χ1n) is 11.9. The number of aryl methyl sites for hydroxylation is 1. The molecular weight excluding hydrogens is 420 g/mol. The predicted molar refractivity (Wildman–Crippen MR) is 137 cm³/mol. The number of hydrogen-bond acceptors (Lipinski definition) is 3. The first-order chi connectivity index (χ1) is 16.5. The number of ether oxygens (including phenoxy) is 1. The molecule has 1 atom stereocenters. The number of carbonyl (C=O) groups excluding carboxylic acids is 1. The van der Waals surface area contributed by atoms with E-state index in [1.54, 1.807) is 0 Å². The molecule has 1 amide bonds. The number of rotatable bonds is 8. The molecule has 1 unspecified atom stereocenters. The molecule has 0 spiro atoms. The van der Waals surface area contributed by atoms with Crippen LogP contribution in [0.5, 0.6) is 5.75 Å². The van der Waals surface area contributed by atoms with Gasteiger partial charge >= 0.3 is 0 Å². The molecule has 4 aromatic rings. The van der Waals surface area contributed by atoms with Crippen molar-refractivity contribution >= 4 is 16.7 Å². The average Bonchev–Trinajstić information content (AvgIpc) is 3.64. The zero-order chi connectivity index (χ0) is 23.5. The molecule has 4 aromatic carbocycles. The minimum atomic E-state index is -0.306. The van der Waals surface area contributed by atoms with Crippen molar-refractivity contribution < 1.29 is 9.53 Å². The predicted octanol–water partition coefficient (Wildman–Crippen LogP) is 5.52. The van der Waals surface area contributed by atoms with E-state index in [9.17, 15) is 4.79 Å². The summed E-state index contributed by atoms with van der Waals surface area (Å²) in [5, 5.41) is 5.73. The van der Waals surface area contributed by atoms with Gasteiger partial charge in [0, 0.05) is 11.6 Å². The van der Waals surface area contributed by atoms with Crippen LogP contribution in [0, 0.1) is 6.92 Å². The summed E-state index contributed by atoms with van der Waals surface area (Å²) in [7, 11) is 0. The summed E-state index contributed by atoms with van der Waals surface area (Å²) >= 11 is 0. The van der Waals surface area contributed by atoms with Gasteiger partial charge in [0.2, 0.25) is 0 Å². The van der Waals surface area contributed by atoms with Gasteiger partial charge in [0.15, 0.2) is 0 Å². The van der Waals surface area contributed by atoms with Crippen molar-refractivity contribution in [3.63, 3.8) is 0 Å². The molecule has 1 fully saturated rings. The molecule has 1 saturated carbocycles. The molecule has 0 saturated heterocycles. The van der Waals surface area contributed by atoms with Crippen LogP contribution in [0.3, 0.4) is 0 Å². The maximum Gasteiger partial charge on any atom is 0.252 e. The molecular formula is C30H30N2O2. The Morgan fingerprint density at radius 2 is 1.71 bits per heavy atom. The van der Waals surface area contributed by atoms with E-state index < -0.39 is 0 Å². The largest absolute Gasteiger partial charge is 0.492 e. The van der Waals surface area contributed by atoms with Crippen LogP contribution < -0.4 is 15.8 Å². The van der Waals surface area contributed by atoms with Crippen LogP contribution in [0.2, 0.25) is 0 Å². The maximum absolute atomic E-state index is 13.4. The molecule has 34 heavy (non-hydrogen) atoms. The Morgan fingerprint density at radius 3 is 2.50 bits per heavy atom. The number of fused-ring (bicyclic) bond motifs is 1. The number of nitrogens with two attached hydrogens (primary N) is 1. The van der Waals surface area contributed by atoms with Crippen molar-refractivity contribution in [1.29, 1.82) is 0 Å². The summed E-state index contributed by atoms with van der Waals surface area (Å²) in [6, 6.07) is 30.4. The smallest absolute Gasteiger partial charge is 0.252 e.